The van der Waals surface area contributed by atoms with Crippen molar-refractivity contribution in [1.29, 1.82) is 0 Å². The van der Waals surface area contributed by atoms with Crippen LogP contribution in [0.1, 0.15) is 55.0 Å². The monoisotopic (exact) mass is 387 g/mol. The average molecular weight is 388 g/mol. The zero-order valence-corrected chi connectivity index (χ0v) is 17.3. The van der Waals surface area contributed by atoms with Crippen molar-refractivity contribution >= 4 is 15.7 Å². The fourth-order valence-corrected chi connectivity index (χ4v) is 4.43. The molecule has 0 radical (unpaired) electrons. The van der Waals surface area contributed by atoms with Crippen molar-refractivity contribution in [3.05, 3.63) is 70.8 Å². The molecular formula is C22H29NO3S. The highest BCUT2D eigenvalue weighted by Crippen LogP contribution is 2.21. The number of amides is 1. The summed E-state index contributed by atoms with van der Waals surface area (Å²) in [5.41, 5.74) is 3.68. The standard InChI is InChI=1S/C22H29NO3S/c1-5-9-21(19-10-7-6-8-11-19)23-22(24)18(4)27(25,26)15-20-14-16(2)12-13-17(20)3/h6-8,10-14,18,21H,5,9,15H2,1-4H3,(H,23,24). The van der Waals surface area contributed by atoms with Crippen molar-refractivity contribution in [3.8, 4) is 0 Å². The van der Waals surface area contributed by atoms with E-state index in [4.69, 9.17) is 0 Å². The van der Waals surface area contributed by atoms with Crippen molar-refractivity contribution in [2.24, 2.45) is 0 Å². The van der Waals surface area contributed by atoms with Crippen LogP contribution in [-0.4, -0.2) is 19.6 Å². The second kappa shape index (κ2) is 9.18. The number of hydrogen-bond donors (Lipinski definition) is 1. The minimum atomic E-state index is -3.61. The van der Waals surface area contributed by atoms with Gasteiger partial charge in [-0.2, -0.15) is 0 Å². The quantitative estimate of drug-likeness (QED) is 0.736. The number of sulfone groups is 1. The van der Waals surface area contributed by atoms with Gasteiger partial charge in [0, 0.05) is 0 Å². The highest BCUT2D eigenvalue weighted by atomic mass is 32.2. The van der Waals surface area contributed by atoms with E-state index in [1.807, 2.05) is 69.3 Å². The summed E-state index contributed by atoms with van der Waals surface area (Å²) in [5, 5.41) is 1.84. The molecule has 4 nitrogen and oxygen atoms in total. The van der Waals surface area contributed by atoms with Gasteiger partial charge >= 0.3 is 0 Å². The van der Waals surface area contributed by atoms with Crippen LogP contribution in [0.5, 0.6) is 0 Å². The molecular weight excluding hydrogens is 358 g/mol. The third-order valence-corrected chi connectivity index (χ3v) is 6.87. The Balaban J connectivity index is 2.15. The Kier molecular flexibility index (Phi) is 7.19. The lowest BCUT2D eigenvalue weighted by Crippen LogP contribution is -2.40. The lowest BCUT2D eigenvalue weighted by Gasteiger charge is -2.21. The summed E-state index contributed by atoms with van der Waals surface area (Å²) in [5.74, 6) is -0.568. The predicted octanol–water partition coefficient (Wildman–Crippen LogP) is 4.26. The molecule has 1 N–H and O–H groups in total. The maximum Gasteiger partial charge on any atom is 0.238 e. The van der Waals surface area contributed by atoms with Crippen molar-refractivity contribution in [3.63, 3.8) is 0 Å². The number of nitrogens with one attached hydrogen (secondary N) is 1. The first-order chi connectivity index (χ1) is 12.7. The molecule has 0 spiro atoms. The van der Waals surface area contributed by atoms with Crippen LogP contribution in [0.2, 0.25) is 0 Å². The van der Waals surface area contributed by atoms with E-state index >= 15 is 0 Å². The van der Waals surface area contributed by atoms with Gasteiger partial charge in [-0.15, -0.1) is 0 Å². The summed E-state index contributed by atoms with van der Waals surface area (Å²) in [6.45, 7) is 7.34. The number of hydrogen-bond acceptors (Lipinski definition) is 3. The fraction of sp³-hybridized carbons (Fsp3) is 0.409. The van der Waals surface area contributed by atoms with Gasteiger partial charge in [0.15, 0.2) is 9.84 Å². The molecule has 146 valence electrons. The van der Waals surface area contributed by atoms with Crippen LogP contribution in [0.4, 0.5) is 0 Å². The largest absolute Gasteiger partial charge is 0.348 e. The van der Waals surface area contributed by atoms with Crippen LogP contribution in [0, 0.1) is 13.8 Å². The molecule has 0 aliphatic carbocycles. The third kappa shape index (κ3) is 5.67. The maximum atomic E-state index is 12.8. The Bertz CT molecular complexity index is 876. The number of aryl methyl sites for hydroxylation is 2. The molecule has 0 aliphatic rings. The van der Waals surface area contributed by atoms with Gasteiger partial charge in [0.1, 0.15) is 5.25 Å². The Labute approximate surface area is 162 Å². The fourth-order valence-electron chi connectivity index (χ4n) is 3.05. The second-order valence-electron chi connectivity index (χ2n) is 7.14. The molecule has 2 aromatic carbocycles. The summed E-state index contributed by atoms with van der Waals surface area (Å²) >= 11 is 0. The van der Waals surface area contributed by atoms with Gasteiger partial charge in [0.2, 0.25) is 5.91 Å². The Morgan fingerprint density at radius 2 is 1.74 bits per heavy atom. The molecule has 0 saturated heterocycles. The van der Waals surface area contributed by atoms with Crippen LogP contribution < -0.4 is 5.32 Å². The molecule has 2 atom stereocenters. The Morgan fingerprint density at radius 1 is 1.07 bits per heavy atom. The molecule has 2 rings (SSSR count). The van der Waals surface area contributed by atoms with Gasteiger partial charge in [-0.25, -0.2) is 8.42 Å². The third-order valence-electron chi connectivity index (χ3n) is 4.87. The molecule has 2 unspecified atom stereocenters. The summed E-state index contributed by atoms with van der Waals surface area (Å²) in [6, 6.07) is 15.2. The van der Waals surface area contributed by atoms with Crippen molar-refractivity contribution < 1.29 is 13.2 Å². The molecule has 2 aromatic rings. The molecule has 0 heterocycles. The summed E-state index contributed by atoms with van der Waals surface area (Å²) in [7, 11) is -3.61. The van der Waals surface area contributed by atoms with E-state index in [-0.39, 0.29) is 11.8 Å². The van der Waals surface area contributed by atoms with E-state index in [1.165, 1.54) is 6.92 Å². The summed E-state index contributed by atoms with van der Waals surface area (Å²) < 4.78 is 25.6. The second-order valence-corrected chi connectivity index (χ2v) is 9.46. The van der Waals surface area contributed by atoms with Crippen LogP contribution in [-0.2, 0) is 20.4 Å². The van der Waals surface area contributed by atoms with Crippen LogP contribution in [0.3, 0.4) is 0 Å². The summed E-state index contributed by atoms with van der Waals surface area (Å²) in [4.78, 5) is 12.7. The van der Waals surface area contributed by atoms with Crippen LogP contribution in [0.15, 0.2) is 48.5 Å². The van der Waals surface area contributed by atoms with Crippen LogP contribution >= 0.6 is 0 Å². The number of benzene rings is 2. The minimum absolute atomic E-state index is 0.126. The normalized spacial score (nSPS) is 13.8. The van der Waals surface area contributed by atoms with Gasteiger partial charge < -0.3 is 5.32 Å². The van der Waals surface area contributed by atoms with Crippen molar-refractivity contribution in [2.45, 2.75) is 57.6 Å². The molecule has 5 heteroatoms. The lowest BCUT2D eigenvalue weighted by molar-refractivity contribution is -0.121. The van der Waals surface area contributed by atoms with E-state index in [0.29, 0.717) is 0 Å². The zero-order chi connectivity index (χ0) is 20.0. The SMILES string of the molecule is CCCC(NC(=O)C(C)S(=O)(=O)Cc1cc(C)ccc1C)c1ccccc1. The molecule has 1 amide bonds. The molecule has 0 fully saturated rings. The van der Waals surface area contributed by atoms with E-state index in [9.17, 15) is 13.2 Å². The Morgan fingerprint density at radius 3 is 2.37 bits per heavy atom. The van der Waals surface area contributed by atoms with E-state index in [0.717, 1.165) is 35.1 Å². The summed E-state index contributed by atoms with van der Waals surface area (Å²) in [6.07, 6.45) is 1.66. The first kappa shape index (κ1) is 21.2. The first-order valence-electron chi connectivity index (χ1n) is 9.37. The first-order valence-corrected chi connectivity index (χ1v) is 11.1. The van der Waals surface area contributed by atoms with Gasteiger partial charge in [-0.05, 0) is 43.9 Å². The zero-order valence-electron chi connectivity index (χ0n) is 16.5. The highest BCUT2D eigenvalue weighted by molar-refractivity contribution is 7.92. The van der Waals surface area contributed by atoms with E-state index in [2.05, 4.69) is 5.32 Å². The average Bonchev–Trinajstić information content (AvgIpc) is 2.64. The number of carbonyl (C=O) groups is 1. The van der Waals surface area contributed by atoms with Gasteiger partial charge in [-0.1, -0.05) is 67.4 Å². The van der Waals surface area contributed by atoms with Crippen molar-refractivity contribution in [1.82, 2.24) is 5.32 Å². The topological polar surface area (TPSA) is 63.2 Å². The lowest BCUT2D eigenvalue weighted by atomic mass is 10.0. The molecule has 27 heavy (non-hydrogen) atoms. The smallest absolute Gasteiger partial charge is 0.238 e. The molecule has 0 bridgehead atoms. The van der Waals surface area contributed by atoms with Crippen LogP contribution in [0.25, 0.3) is 0 Å². The maximum absolute atomic E-state index is 12.8. The van der Waals surface area contributed by atoms with Crippen molar-refractivity contribution in [2.75, 3.05) is 0 Å². The minimum Gasteiger partial charge on any atom is -0.348 e. The van der Waals surface area contributed by atoms with E-state index in [1.54, 1.807) is 0 Å². The van der Waals surface area contributed by atoms with Gasteiger partial charge in [0.25, 0.3) is 0 Å². The van der Waals surface area contributed by atoms with Gasteiger partial charge in [0.05, 0.1) is 11.8 Å². The highest BCUT2D eigenvalue weighted by Gasteiger charge is 2.30. The molecule has 0 saturated carbocycles. The molecule has 0 aliphatic heterocycles. The van der Waals surface area contributed by atoms with Gasteiger partial charge in [-0.3, -0.25) is 4.79 Å². The van der Waals surface area contributed by atoms with E-state index < -0.39 is 21.0 Å². The number of carbonyl (C=O) groups excluding carboxylic acids is 1. The predicted molar refractivity (Wildman–Crippen MR) is 110 cm³/mol. The number of rotatable bonds is 8. The Hall–Kier alpha value is -2.14. The molecule has 0 aromatic heterocycles.